The lowest BCUT2D eigenvalue weighted by atomic mass is 9.80. The molecule has 2 unspecified atom stereocenters. The molecular weight excluding hydrogens is 511 g/mol. The molecule has 9 heteroatoms. The largest absolute Gasteiger partial charge is 0.396 e. The zero-order chi connectivity index (χ0) is 26.0. The van der Waals surface area contributed by atoms with Crippen LogP contribution < -0.4 is 5.32 Å². The Bertz CT molecular complexity index is 1150. The molecule has 0 aliphatic carbocycles. The van der Waals surface area contributed by atoms with E-state index >= 15 is 0 Å². The number of hydrogen-bond donors (Lipinski definition) is 2. The predicted octanol–water partition coefficient (Wildman–Crippen LogP) is 3.62. The topological polar surface area (TPSA) is 76.1 Å². The lowest BCUT2D eigenvalue weighted by Crippen LogP contribution is -2.58. The number of piperidine rings is 1. The standard InChI is InChI=1S/C28H34Cl2N4O3/c29-22-6-1-4-20(16-22)18-28(24-8-7-23(30)17-25(24)31-27(28)37)34-10-2-5-21(19-34)26(36)33-13-11-32(12-14-33)9-3-15-35/h1,4,6-8,16-17,21,35H,2-3,5,9-15,18-19H2,(H,31,37). The van der Waals surface area contributed by atoms with Crippen LogP contribution in [0.2, 0.25) is 10.0 Å². The fourth-order valence-electron chi connectivity index (χ4n) is 6.14. The fourth-order valence-corrected chi connectivity index (χ4v) is 6.53. The first-order valence-corrected chi connectivity index (χ1v) is 13.9. The summed E-state index contributed by atoms with van der Waals surface area (Å²) >= 11 is 12.6. The molecule has 0 radical (unpaired) electrons. The third-order valence-corrected chi connectivity index (χ3v) is 8.50. The lowest BCUT2D eigenvalue weighted by molar-refractivity contribution is -0.142. The number of amides is 2. The molecule has 0 spiro atoms. The monoisotopic (exact) mass is 544 g/mol. The number of nitrogens with one attached hydrogen (secondary N) is 1. The number of hydrogen-bond acceptors (Lipinski definition) is 5. The zero-order valence-electron chi connectivity index (χ0n) is 21.0. The minimum absolute atomic E-state index is 0.0876. The van der Waals surface area contributed by atoms with Crippen LogP contribution in [0.3, 0.4) is 0 Å². The molecule has 3 aliphatic rings. The Morgan fingerprint density at radius 1 is 1.05 bits per heavy atom. The highest BCUT2D eigenvalue weighted by Crippen LogP contribution is 2.45. The van der Waals surface area contributed by atoms with E-state index in [0.717, 1.165) is 62.3 Å². The minimum Gasteiger partial charge on any atom is -0.396 e. The van der Waals surface area contributed by atoms with Crippen molar-refractivity contribution in [1.29, 1.82) is 0 Å². The molecule has 0 aromatic heterocycles. The summed E-state index contributed by atoms with van der Waals surface area (Å²) in [6.45, 7) is 5.38. The van der Waals surface area contributed by atoms with Gasteiger partial charge >= 0.3 is 0 Å². The average molecular weight is 546 g/mol. The zero-order valence-corrected chi connectivity index (χ0v) is 22.5. The van der Waals surface area contributed by atoms with E-state index in [0.29, 0.717) is 36.1 Å². The van der Waals surface area contributed by atoms with Gasteiger partial charge < -0.3 is 15.3 Å². The molecule has 2 N–H and O–H groups in total. The van der Waals surface area contributed by atoms with Gasteiger partial charge in [0, 0.05) is 73.6 Å². The van der Waals surface area contributed by atoms with Crippen LogP contribution in [0.5, 0.6) is 0 Å². The molecule has 2 saturated heterocycles. The Balaban J connectivity index is 1.39. The number of fused-ring (bicyclic) bond motifs is 1. The van der Waals surface area contributed by atoms with E-state index < -0.39 is 5.54 Å². The summed E-state index contributed by atoms with van der Waals surface area (Å²) in [6.07, 6.45) is 2.89. The molecule has 2 atom stereocenters. The maximum Gasteiger partial charge on any atom is 0.249 e. The van der Waals surface area contributed by atoms with Crippen molar-refractivity contribution in [3.8, 4) is 0 Å². The van der Waals surface area contributed by atoms with Crippen molar-refractivity contribution in [3.05, 3.63) is 63.6 Å². The number of rotatable bonds is 7. The maximum absolute atomic E-state index is 13.8. The van der Waals surface area contributed by atoms with Crippen LogP contribution in [0, 0.1) is 5.92 Å². The quantitative estimate of drug-likeness (QED) is 0.556. The molecule has 37 heavy (non-hydrogen) atoms. The van der Waals surface area contributed by atoms with Crippen LogP contribution in [0.15, 0.2) is 42.5 Å². The SMILES string of the molecule is O=C(C1CCCN(C2(Cc3cccc(Cl)c3)C(=O)Nc3cc(Cl)ccc32)C1)N1CCN(CCCO)CC1. The van der Waals surface area contributed by atoms with Crippen LogP contribution >= 0.6 is 23.2 Å². The number of benzene rings is 2. The second-order valence-electron chi connectivity index (χ2n) is 10.3. The maximum atomic E-state index is 13.8. The van der Waals surface area contributed by atoms with Gasteiger partial charge in [0.05, 0.1) is 5.92 Å². The number of likely N-dealkylation sites (tertiary alicyclic amines) is 1. The summed E-state index contributed by atoms with van der Waals surface area (Å²) < 4.78 is 0. The summed E-state index contributed by atoms with van der Waals surface area (Å²) in [4.78, 5) is 33.9. The van der Waals surface area contributed by atoms with E-state index in [1.165, 1.54) is 0 Å². The second kappa shape index (κ2) is 11.3. The predicted molar refractivity (Wildman–Crippen MR) is 146 cm³/mol. The van der Waals surface area contributed by atoms with Crippen molar-refractivity contribution < 1.29 is 14.7 Å². The van der Waals surface area contributed by atoms with Crippen molar-refractivity contribution >= 4 is 40.7 Å². The molecule has 3 aliphatic heterocycles. The number of carbonyl (C=O) groups excluding carboxylic acids is 2. The summed E-state index contributed by atoms with van der Waals surface area (Å²) in [7, 11) is 0. The summed E-state index contributed by atoms with van der Waals surface area (Å²) in [5, 5.41) is 13.4. The smallest absolute Gasteiger partial charge is 0.249 e. The van der Waals surface area contributed by atoms with Crippen molar-refractivity contribution in [2.75, 3.05) is 57.7 Å². The van der Waals surface area contributed by atoms with E-state index in [-0.39, 0.29) is 24.3 Å². The normalized spacial score (nSPS) is 24.7. The highest BCUT2D eigenvalue weighted by atomic mass is 35.5. The first kappa shape index (κ1) is 26.4. The van der Waals surface area contributed by atoms with E-state index in [4.69, 9.17) is 28.3 Å². The average Bonchev–Trinajstić information content (AvgIpc) is 3.18. The van der Waals surface area contributed by atoms with Crippen molar-refractivity contribution in [2.24, 2.45) is 5.92 Å². The lowest BCUT2D eigenvalue weighted by Gasteiger charge is -2.45. The Hall–Kier alpha value is -2.16. The Kier molecular flexibility index (Phi) is 8.07. The number of piperazine rings is 1. The van der Waals surface area contributed by atoms with Crippen LogP contribution in [0.1, 0.15) is 30.4 Å². The minimum atomic E-state index is -0.938. The van der Waals surface area contributed by atoms with E-state index in [1.807, 2.05) is 41.3 Å². The Morgan fingerprint density at radius 3 is 2.59 bits per heavy atom. The van der Waals surface area contributed by atoms with Gasteiger partial charge in [-0.15, -0.1) is 0 Å². The van der Waals surface area contributed by atoms with Gasteiger partial charge in [0.25, 0.3) is 0 Å². The third-order valence-electron chi connectivity index (χ3n) is 8.03. The highest BCUT2D eigenvalue weighted by molar-refractivity contribution is 6.31. The fraction of sp³-hybridized carbons (Fsp3) is 0.500. The number of carbonyl (C=O) groups is 2. The van der Waals surface area contributed by atoms with E-state index in [1.54, 1.807) is 6.07 Å². The van der Waals surface area contributed by atoms with Gasteiger partial charge in [0.1, 0.15) is 5.54 Å². The molecular formula is C28H34Cl2N4O3. The van der Waals surface area contributed by atoms with Crippen LogP contribution in [-0.2, 0) is 21.5 Å². The number of aliphatic hydroxyl groups excluding tert-OH is 1. The van der Waals surface area contributed by atoms with Gasteiger partial charge in [-0.2, -0.15) is 0 Å². The summed E-state index contributed by atoms with van der Waals surface area (Å²) in [6, 6.07) is 13.2. The van der Waals surface area contributed by atoms with Gasteiger partial charge in [0.15, 0.2) is 0 Å². The third kappa shape index (κ3) is 5.38. The van der Waals surface area contributed by atoms with Gasteiger partial charge in [-0.3, -0.25) is 19.4 Å². The molecule has 2 amide bonds. The molecule has 2 aromatic carbocycles. The Labute approximate surface area is 228 Å². The number of aliphatic hydroxyl groups is 1. The molecule has 7 nitrogen and oxygen atoms in total. The second-order valence-corrected chi connectivity index (χ2v) is 11.2. The number of anilines is 1. The molecule has 5 rings (SSSR count). The number of halogens is 2. The van der Waals surface area contributed by atoms with Crippen LogP contribution in [0.4, 0.5) is 5.69 Å². The van der Waals surface area contributed by atoms with Gasteiger partial charge in [-0.25, -0.2) is 0 Å². The first-order chi connectivity index (χ1) is 17.9. The first-order valence-electron chi connectivity index (χ1n) is 13.1. The Morgan fingerprint density at radius 2 is 1.84 bits per heavy atom. The highest BCUT2D eigenvalue weighted by Gasteiger charge is 2.52. The van der Waals surface area contributed by atoms with Crippen molar-refractivity contribution in [3.63, 3.8) is 0 Å². The summed E-state index contributed by atoms with van der Waals surface area (Å²) in [5.74, 6) is -0.0624. The van der Waals surface area contributed by atoms with Gasteiger partial charge in [0.2, 0.25) is 11.8 Å². The van der Waals surface area contributed by atoms with Crippen molar-refractivity contribution in [1.82, 2.24) is 14.7 Å². The van der Waals surface area contributed by atoms with E-state index in [2.05, 4.69) is 15.1 Å². The number of nitrogens with zero attached hydrogens (tertiary/aromatic N) is 3. The molecule has 2 aromatic rings. The van der Waals surface area contributed by atoms with Gasteiger partial charge in [-0.1, -0.05) is 41.4 Å². The van der Waals surface area contributed by atoms with E-state index in [9.17, 15) is 9.59 Å². The molecule has 198 valence electrons. The van der Waals surface area contributed by atoms with Crippen molar-refractivity contribution in [2.45, 2.75) is 31.2 Å². The van der Waals surface area contributed by atoms with Gasteiger partial charge in [-0.05, 0) is 55.6 Å². The molecule has 0 saturated carbocycles. The summed E-state index contributed by atoms with van der Waals surface area (Å²) in [5.41, 5.74) is 1.66. The molecule has 3 heterocycles. The molecule has 2 fully saturated rings. The molecule has 0 bridgehead atoms. The van der Waals surface area contributed by atoms with Crippen LogP contribution in [0.25, 0.3) is 0 Å². The van der Waals surface area contributed by atoms with Crippen LogP contribution in [-0.4, -0.2) is 84.0 Å².